The third-order valence-corrected chi connectivity index (χ3v) is 6.48. The van der Waals surface area contributed by atoms with Crippen molar-refractivity contribution in [3.05, 3.63) is 78.5 Å². The lowest BCUT2D eigenvalue weighted by Crippen LogP contribution is -2.20. The molecule has 4 heterocycles. The monoisotopic (exact) mass is 474 g/mol. The zero-order chi connectivity index (χ0) is 21.8. The second-order valence-corrected chi connectivity index (χ2v) is 9.22. The van der Waals surface area contributed by atoms with Crippen LogP contribution in [-0.2, 0) is 17.8 Å². The van der Waals surface area contributed by atoms with Crippen molar-refractivity contribution in [2.75, 3.05) is 19.0 Å². The molecule has 4 aromatic heterocycles. The van der Waals surface area contributed by atoms with Gasteiger partial charge in [0.2, 0.25) is 0 Å². The highest BCUT2D eigenvalue weighted by atomic mass is 35.5. The molecule has 1 N–H and O–H groups in total. The van der Waals surface area contributed by atoms with Gasteiger partial charge in [-0.1, -0.05) is 11.6 Å². The molecule has 0 saturated heterocycles. The average Bonchev–Trinajstić information content (AvgIpc) is 3.52. The number of rotatable bonds is 8. The third-order valence-electron chi connectivity index (χ3n) is 4.57. The van der Waals surface area contributed by atoms with Crippen LogP contribution in [0.2, 0.25) is 4.34 Å². The van der Waals surface area contributed by atoms with Gasteiger partial charge in [-0.05, 0) is 29.6 Å². The molecule has 0 saturated carbocycles. The van der Waals surface area contributed by atoms with Crippen LogP contribution < -0.4 is 10.9 Å². The van der Waals surface area contributed by atoms with Crippen LogP contribution in [0.5, 0.6) is 0 Å². The van der Waals surface area contributed by atoms with Crippen molar-refractivity contribution in [3.8, 4) is 11.3 Å². The fourth-order valence-electron chi connectivity index (χ4n) is 2.98. The van der Waals surface area contributed by atoms with E-state index in [0.29, 0.717) is 46.7 Å². The molecule has 31 heavy (non-hydrogen) atoms. The van der Waals surface area contributed by atoms with E-state index in [2.05, 4.69) is 10.4 Å². The molecule has 0 bridgehead atoms. The molecule has 0 radical (unpaired) electrons. The van der Waals surface area contributed by atoms with Gasteiger partial charge in [-0.15, -0.1) is 11.3 Å². The van der Waals surface area contributed by atoms with E-state index in [-0.39, 0.29) is 11.5 Å². The number of carbonyl (C=O) groups excluding carboxylic acids is 1. The summed E-state index contributed by atoms with van der Waals surface area (Å²) in [5.41, 5.74) is 1.57. The van der Waals surface area contributed by atoms with Crippen molar-refractivity contribution >= 4 is 46.0 Å². The number of anilines is 1. The average molecular weight is 475 g/mol. The Morgan fingerprint density at radius 3 is 2.81 bits per heavy atom. The molecule has 4 aromatic rings. The predicted molar refractivity (Wildman–Crippen MR) is 125 cm³/mol. The molecule has 0 aliphatic heterocycles. The molecule has 10 heteroatoms. The van der Waals surface area contributed by atoms with Gasteiger partial charge in [-0.3, -0.25) is 9.59 Å². The topological polar surface area (TPSA) is 78.2 Å². The third kappa shape index (κ3) is 4.96. The number of nitrogens with one attached hydrogen (secondary N) is 1. The van der Waals surface area contributed by atoms with E-state index in [1.165, 1.54) is 33.4 Å². The Bertz CT molecular complexity index is 1240. The maximum Gasteiger partial charge on any atom is 0.280 e. The summed E-state index contributed by atoms with van der Waals surface area (Å²) in [4.78, 5) is 26.5. The van der Waals surface area contributed by atoms with Crippen molar-refractivity contribution in [2.24, 2.45) is 0 Å². The van der Waals surface area contributed by atoms with Gasteiger partial charge in [0, 0.05) is 47.8 Å². The molecule has 4 rings (SSSR count). The Morgan fingerprint density at radius 2 is 2.13 bits per heavy atom. The Morgan fingerprint density at radius 1 is 1.26 bits per heavy atom. The number of aromatic nitrogens is 3. The van der Waals surface area contributed by atoms with Gasteiger partial charge < -0.3 is 14.6 Å². The second-order valence-electron chi connectivity index (χ2n) is 6.64. The fourth-order valence-corrected chi connectivity index (χ4v) is 4.63. The molecule has 0 aliphatic carbocycles. The number of halogens is 1. The second kappa shape index (κ2) is 9.61. The van der Waals surface area contributed by atoms with Crippen LogP contribution in [0.3, 0.4) is 0 Å². The number of carbonyl (C=O) groups is 1. The number of hydrogen-bond donors (Lipinski definition) is 1. The van der Waals surface area contributed by atoms with Crippen molar-refractivity contribution in [1.82, 2.24) is 14.3 Å². The molecule has 0 amide bonds. The van der Waals surface area contributed by atoms with Crippen LogP contribution in [0.25, 0.3) is 11.3 Å². The van der Waals surface area contributed by atoms with Gasteiger partial charge in [0.25, 0.3) is 11.5 Å². The lowest BCUT2D eigenvalue weighted by atomic mass is 10.2. The van der Waals surface area contributed by atoms with Gasteiger partial charge in [-0.2, -0.15) is 21.1 Å². The standard InChI is InChI=1S/C21H19ClN4O3S2/c1-29-8-7-25-6-4-14(10-20(25)27)17-11-19(23-12-16-2-3-18(22)31-16)26(24-17)21(28)15-5-9-30-13-15/h2-6,9-11,13,23H,7-8,12H2,1H3. The summed E-state index contributed by atoms with van der Waals surface area (Å²) in [6.45, 7) is 1.42. The number of ether oxygens (including phenoxy) is 1. The van der Waals surface area contributed by atoms with Crippen molar-refractivity contribution in [1.29, 1.82) is 0 Å². The van der Waals surface area contributed by atoms with Crippen molar-refractivity contribution < 1.29 is 9.53 Å². The Hall–Kier alpha value is -2.72. The molecule has 0 aromatic carbocycles. The van der Waals surface area contributed by atoms with E-state index in [4.69, 9.17) is 16.3 Å². The van der Waals surface area contributed by atoms with E-state index >= 15 is 0 Å². The summed E-state index contributed by atoms with van der Waals surface area (Å²) in [6.07, 6.45) is 1.71. The molecule has 7 nitrogen and oxygen atoms in total. The molecular formula is C21H19ClN4O3S2. The first-order valence-electron chi connectivity index (χ1n) is 9.40. The number of hydrogen-bond acceptors (Lipinski definition) is 7. The summed E-state index contributed by atoms with van der Waals surface area (Å²) in [6, 6.07) is 10.6. The molecule has 0 fully saturated rings. The maximum absolute atomic E-state index is 13.0. The smallest absolute Gasteiger partial charge is 0.280 e. The van der Waals surface area contributed by atoms with Gasteiger partial charge in [-0.25, -0.2) is 0 Å². The predicted octanol–water partition coefficient (Wildman–Crippen LogP) is 4.44. The molecule has 0 unspecified atom stereocenters. The van der Waals surface area contributed by atoms with E-state index in [1.807, 2.05) is 23.6 Å². The summed E-state index contributed by atoms with van der Waals surface area (Å²) >= 11 is 8.93. The first kappa shape index (κ1) is 21.5. The van der Waals surface area contributed by atoms with E-state index in [9.17, 15) is 9.59 Å². The Kier molecular flexibility index (Phi) is 6.67. The Labute approximate surface area is 191 Å². The summed E-state index contributed by atoms with van der Waals surface area (Å²) in [7, 11) is 1.59. The maximum atomic E-state index is 13.0. The molecule has 0 aliphatic rings. The Balaban J connectivity index is 1.66. The van der Waals surface area contributed by atoms with Gasteiger partial charge >= 0.3 is 0 Å². The molecule has 0 atom stereocenters. The number of nitrogens with zero attached hydrogens (tertiary/aromatic N) is 3. The summed E-state index contributed by atoms with van der Waals surface area (Å²) in [5, 5.41) is 11.4. The zero-order valence-corrected chi connectivity index (χ0v) is 19.0. The van der Waals surface area contributed by atoms with Crippen LogP contribution in [0.4, 0.5) is 5.82 Å². The first-order valence-corrected chi connectivity index (χ1v) is 11.5. The summed E-state index contributed by atoms with van der Waals surface area (Å²) in [5.74, 6) is 0.298. The van der Waals surface area contributed by atoms with Gasteiger partial charge in [0.1, 0.15) is 5.82 Å². The van der Waals surface area contributed by atoms with Crippen LogP contribution >= 0.6 is 34.3 Å². The zero-order valence-electron chi connectivity index (χ0n) is 16.6. The highest BCUT2D eigenvalue weighted by Gasteiger charge is 2.18. The quantitative estimate of drug-likeness (QED) is 0.408. The minimum absolute atomic E-state index is 0.156. The summed E-state index contributed by atoms with van der Waals surface area (Å²) < 4.78 is 8.64. The minimum atomic E-state index is -0.243. The first-order chi connectivity index (χ1) is 15.0. The fraction of sp³-hybridized carbons (Fsp3) is 0.190. The van der Waals surface area contributed by atoms with E-state index < -0.39 is 0 Å². The number of methoxy groups -OCH3 is 1. The van der Waals surface area contributed by atoms with Crippen LogP contribution in [0, 0.1) is 0 Å². The van der Waals surface area contributed by atoms with Crippen LogP contribution in [0.15, 0.2) is 58.1 Å². The van der Waals surface area contributed by atoms with Crippen molar-refractivity contribution in [2.45, 2.75) is 13.1 Å². The molecular weight excluding hydrogens is 456 g/mol. The van der Waals surface area contributed by atoms with Crippen LogP contribution in [0.1, 0.15) is 15.2 Å². The lowest BCUT2D eigenvalue weighted by Gasteiger charge is -2.07. The largest absolute Gasteiger partial charge is 0.383 e. The highest BCUT2D eigenvalue weighted by molar-refractivity contribution is 7.16. The van der Waals surface area contributed by atoms with Crippen LogP contribution in [-0.4, -0.2) is 34.0 Å². The van der Waals surface area contributed by atoms with E-state index in [1.54, 1.807) is 35.4 Å². The molecule has 0 spiro atoms. The number of thiophene rings is 2. The van der Waals surface area contributed by atoms with Crippen molar-refractivity contribution in [3.63, 3.8) is 0 Å². The highest BCUT2D eigenvalue weighted by Crippen LogP contribution is 2.25. The SMILES string of the molecule is COCCn1ccc(-c2cc(NCc3ccc(Cl)s3)n(C(=O)c3ccsc3)n2)cc1=O. The van der Waals surface area contributed by atoms with Gasteiger partial charge in [0.05, 0.1) is 28.7 Å². The van der Waals surface area contributed by atoms with E-state index in [0.717, 1.165) is 4.88 Å². The normalized spacial score (nSPS) is 11.0. The lowest BCUT2D eigenvalue weighted by molar-refractivity contribution is 0.0948. The number of pyridine rings is 1. The van der Waals surface area contributed by atoms with Gasteiger partial charge in [0.15, 0.2) is 0 Å². The minimum Gasteiger partial charge on any atom is -0.383 e. The molecule has 160 valence electrons.